The Morgan fingerprint density at radius 2 is 2.23 bits per heavy atom. The Bertz CT molecular complexity index is 284. The molecular weight excluding hydrogens is 182 g/mol. The number of aromatic nitrogens is 1. The molecule has 0 aromatic carbocycles. The molecule has 0 saturated heterocycles. The van der Waals surface area contributed by atoms with E-state index >= 15 is 0 Å². The number of aliphatic hydroxyl groups is 1. The van der Waals surface area contributed by atoms with Gasteiger partial charge in [0, 0.05) is 17.5 Å². The van der Waals surface area contributed by atoms with E-state index in [0.717, 1.165) is 19.3 Å². The zero-order chi connectivity index (χ0) is 9.53. The summed E-state index contributed by atoms with van der Waals surface area (Å²) >= 11 is 1.63. The van der Waals surface area contributed by atoms with Crippen molar-refractivity contribution in [1.29, 1.82) is 0 Å². The second-order valence-electron chi connectivity index (χ2n) is 4.89. The van der Waals surface area contributed by atoms with Crippen molar-refractivity contribution in [3.63, 3.8) is 0 Å². The van der Waals surface area contributed by atoms with E-state index in [4.69, 9.17) is 0 Å². The average Bonchev–Trinajstić information content (AvgIpc) is 2.33. The number of hydrogen-bond acceptors (Lipinski definition) is 3. The first-order chi connectivity index (χ1) is 5.99. The van der Waals surface area contributed by atoms with Gasteiger partial charge in [-0.05, 0) is 18.3 Å². The Morgan fingerprint density at radius 1 is 1.54 bits per heavy atom. The van der Waals surface area contributed by atoms with E-state index in [-0.39, 0.29) is 0 Å². The number of hydrogen-bond donors (Lipinski definition) is 1. The van der Waals surface area contributed by atoms with Crippen LogP contribution in [0.25, 0.3) is 0 Å². The monoisotopic (exact) mass is 197 g/mol. The maximum Gasteiger partial charge on any atom is 0.0794 e. The third kappa shape index (κ3) is 1.92. The number of thiazole rings is 1. The topological polar surface area (TPSA) is 33.1 Å². The second-order valence-corrected chi connectivity index (χ2v) is 5.86. The molecule has 1 aliphatic carbocycles. The minimum atomic E-state index is -0.448. The summed E-state index contributed by atoms with van der Waals surface area (Å²) < 4.78 is 0. The van der Waals surface area contributed by atoms with Gasteiger partial charge in [0.2, 0.25) is 0 Å². The van der Waals surface area contributed by atoms with Gasteiger partial charge < -0.3 is 5.11 Å². The third-order valence-corrected chi connectivity index (χ3v) is 3.38. The highest BCUT2D eigenvalue weighted by molar-refractivity contribution is 7.09. The van der Waals surface area contributed by atoms with Crippen LogP contribution in [-0.2, 0) is 6.42 Å². The number of rotatable bonds is 2. The quantitative estimate of drug-likeness (QED) is 0.788. The third-order valence-electron chi connectivity index (χ3n) is 2.60. The fourth-order valence-electron chi connectivity index (χ4n) is 2.51. The van der Waals surface area contributed by atoms with Gasteiger partial charge >= 0.3 is 0 Å². The Kier molecular flexibility index (Phi) is 1.96. The number of nitrogens with zero attached hydrogens (tertiary/aromatic N) is 1. The Balaban J connectivity index is 1.97. The molecule has 1 fully saturated rings. The van der Waals surface area contributed by atoms with Crippen molar-refractivity contribution in [2.45, 2.75) is 38.7 Å². The molecule has 1 N–H and O–H groups in total. The molecule has 1 heterocycles. The summed E-state index contributed by atoms with van der Waals surface area (Å²) in [4.78, 5) is 5.20. The lowest BCUT2D eigenvalue weighted by atomic mass is 9.60. The van der Waals surface area contributed by atoms with Gasteiger partial charge in [-0.15, -0.1) is 11.3 Å². The van der Waals surface area contributed by atoms with Gasteiger partial charge in [-0.2, -0.15) is 0 Å². The summed E-state index contributed by atoms with van der Waals surface area (Å²) in [5.41, 5.74) is 1.71. The van der Waals surface area contributed by atoms with Crippen molar-refractivity contribution in [2.75, 3.05) is 0 Å². The molecule has 1 saturated carbocycles. The van der Waals surface area contributed by atoms with Crippen LogP contribution in [-0.4, -0.2) is 15.7 Å². The second kappa shape index (κ2) is 2.79. The Hall–Kier alpha value is -0.410. The highest BCUT2D eigenvalue weighted by atomic mass is 32.1. The summed E-state index contributed by atoms with van der Waals surface area (Å²) in [6, 6.07) is 0. The lowest BCUT2D eigenvalue weighted by molar-refractivity contribution is -0.111. The molecule has 0 amide bonds. The summed E-state index contributed by atoms with van der Waals surface area (Å²) in [6.07, 6.45) is 4.46. The SMILES string of the molecule is CC1(C)CC(O)(Cc2cncs2)C1. The van der Waals surface area contributed by atoms with Gasteiger partial charge in [-0.1, -0.05) is 13.8 Å². The van der Waals surface area contributed by atoms with E-state index in [9.17, 15) is 5.11 Å². The normalized spacial score (nSPS) is 23.9. The van der Waals surface area contributed by atoms with Crippen molar-refractivity contribution < 1.29 is 5.11 Å². The molecule has 72 valence electrons. The molecule has 0 bridgehead atoms. The van der Waals surface area contributed by atoms with Gasteiger partial charge in [-0.25, -0.2) is 0 Å². The first-order valence-corrected chi connectivity index (χ1v) is 5.47. The first kappa shape index (κ1) is 9.16. The van der Waals surface area contributed by atoms with Crippen LogP contribution < -0.4 is 0 Å². The van der Waals surface area contributed by atoms with Crippen molar-refractivity contribution >= 4 is 11.3 Å². The van der Waals surface area contributed by atoms with Gasteiger partial charge in [0.05, 0.1) is 11.1 Å². The minimum Gasteiger partial charge on any atom is -0.389 e. The zero-order valence-corrected chi connectivity index (χ0v) is 8.90. The van der Waals surface area contributed by atoms with Crippen LogP contribution in [0.15, 0.2) is 11.7 Å². The smallest absolute Gasteiger partial charge is 0.0794 e. The molecule has 2 rings (SSSR count). The van der Waals surface area contributed by atoms with Crippen LogP contribution in [0.1, 0.15) is 31.6 Å². The molecule has 0 atom stereocenters. The van der Waals surface area contributed by atoms with Crippen LogP contribution in [0, 0.1) is 5.41 Å². The minimum absolute atomic E-state index is 0.333. The van der Waals surface area contributed by atoms with Crippen molar-refractivity contribution in [3.8, 4) is 0 Å². The van der Waals surface area contributed by atoms with Crippen LogP contribution in [0.5, 0.6) is 0 Å². The van der Waals surface area contributed by atoms with Crippen LogP contribution in [0.3, 0.4) is 0 Å². The van der Waals surface area contributed by atoms with Crippen molar-refractivity contribution in [3.05, 3.63) is 16.6 Å². The highest BCUT2D eigenvalue weighted by Gasteiger charge is 2.47. The molecule has 1 aromatic rings. The van der Waals surface area contributed by atoms with E-state index in [1.54, 1.807) is 11.3 Å². The summed E-state index contributed by atoms with van der Waals surface area (Å²) in [7, 11) is 0. The van der Waals surface area contributed by atoms with E-state index in [1.165, 1.54) is 4.88 Å². The fraction of sp³-hybridized carbons (Fsp3) is 0.700. The average molecular weight is 197 g/mol. The predicted molar refractivity (Wildman–Crippen MR) is 53.8 cm³/mol. The predicted octanol–water partition coefficient (Wildman–Crippen LogP) is 2.24. The van der Waals surface area contributed by atoms with E-state index in [1.807, 2.05) is 11.7 Å². The molecule has 1 aliphatic rings. The molecule has 1 aromatic heterocycles. The van der Waals surface area contributed by atoms with Crippen molar-refractivity contribution in [1.82, 2.24) is 4.98 Å². The van der Waals surface area contributed by atoms with Gasteiger partial charge in [0.1, 0.15) is 0 Å². The Labute approximate surface area is 82.6 Å². The van der Waals surface area contributed by atoms with Crippen LogP contribution in [0.2, 0.25) is 0 Å². The first-order valence-electron chi connectivity index (χ1n) is 4.59. The fourth-order valence-corrected chi connectivity index (χ4v) is 3.24. The maximum atomic E-state index is 10.1. The largest absolute Gasteiger partial charge is 0.389 e. The maximum absolute atomic E-state index is 10.1. The van der Waals surface area contributed by atoms with Gasteiger partial charge in [-0.3, -0.25) is 4.98 Å². The summed E-state index contributed by atoms with van der Waals surface area (Å²) in [6.45, 7) is 4.41. The van der Waals surface area contributed by atoms with Crippen LogP contribution >= 0.6 is 11.3 Å². The molecule has 13 heavy (non-hydrogen) atoms. The standard InChI is InChI=1S/C10H15NOS/c1-9(2)5-10(12,6-9)3-8-4-11-7-13-8/h4,7,12H,3,5-6H2,1-2H3. The molecule has 0 radical (unpaired) electrons. The lowest BCUT2D eigenvalue weighted by Crippen LogP contribution is -2.50. The van der Waals surface area contributed by atoms with E-state index in [2.05, 4.69) is 18.8 Å². The molecule has 2 nitrogen and oxygen atoms in total. The van der Waals surface area contributed by atoms with E-state index in [0.29, 0.717) is 5.41 Å². The lowest BCUT2D eigenvalue weighted by Gasteiger charge is -2.49. The Morgan fingerprint density at radius 3 is 2.69 bits per heavy atom. The molecule has 3 heteroatoms. The molecular formula is C10H15NOS. The van der Waals surface area contributed by atoms with Crippen molar-refractivity contribution in [2.24, 2.45) is 5.41 Å². The van der Waals surface area contributed by atoms with Crippen LogP contribution in [0.4, 0.5) is 0 Å². The van der Waals surface area contributed by atoms with E-state index < -0.39 is 5.60 Å². The highest BCUT2D eigenvalue weighted by Crippen LogP contribution is 2.49. The molecule has 0 unspecified atom stereocenters. The summed E-state index contributed by atoms with van der Waals surface area (Å²) in [5.74, 6) is 0. The molecule has 0 spiro atoms. The molecule has 0 aliphatic heterocycles. The van der Waals surface area contributed by atoms with Gasteiger partial charge in [0.15, 0.2) is 0 Å². The summed E-state index contributed by atoms with van der Waals surface area (Å²) in [5, 5.41) is 10.1. The zero-order valence-electron chi connectivity index (χ0n) is 8.08. The van der Waals surface area contributed by atoms with Gasteiger partial charge in [0.25, 0.3) is 0 Å².